The number of hydrogen-bond acceptors (Lipinski definition) is 5. The van der Waals surface area contributed by atoms with E-state index >= 15 is 0 Å². The van der Waals surface area contributed by atoms with Crippen molar-refractivity contribution >= 4 is 11.5 Å². The Morgan fingerprint density at radius 2 is 2.22 bits per heavy atom. The Labute approximate surface area is 106 Å². The second kappa shape index (κ2) is 5.03. The van der Waals surface area contributed by atoms with Gasteiger partial charge in [0.05, 0.1) is 23.6 Å². The molecule has 0 aliphatic heterocycles. The quantitative estimate of drug-likeness (QED) is 0.859. The van der Waals surface area contributed by atoms with Gasteiger partial charge in [-0.05, 0) is 32.9 Å². The minimum atomic E-state index is 0.255. The smallest absolute Gasteiger partial charge is 0.148 e. The van der Waals surface area contributed by atoms with Crippen LogP contribution < -0.4 is 11.1 Å². The molecular formula is C12H18N6. The van der Waals surface area contributed by atoms with Crippen molar-refractivity contribution in [2.45, 2.75) is 33.4 Å². The molecule has 0 saturated carbocycles. The summed E-state index contributed by atoms with van der Waals surface area (Å²) in [5.41, 5.74) is 8.42. The average molecular weight is 246 g/mol. The lowest BCUT2D eigenvalue weighted by atomic mass is 10.3. The fraction of sp³-hybridized carbons (Fsp3) is 0.417. The van der Waals surface area contributed by atoms with Crippen molar-refractivity contribution in [2.75, 3.05) is 11.1 Å². The summed E-state index contributed by atoms with van der Waals surface area (Å²) in [5.74, 6) is 0.841. The maximum atomic E-state index is 6.02. The van der Waals surface area contributed by atoms with E-state index in [2.05, 4.69) is 34.5 Å². The number of rotatable bonds is 4. The number of hydrogen-bond donors (Lipinski definition) is 2. The molecule has 2 rings (SSSR count). The van der Waals surface area contributed by atoms with Gasteiger partial charge in [0.1, 0.15) is 5.82 Å². The summed E-state index contributed by atoms with van der Waals surface area (Å²) in [5, 5.41) is 15.5. The first kappa shape index (κ1) is 12.3. The predicted octanol–water partition coefficient (Wildman–Crippen LogP) is 1.76. The highest BCUT2D eigenvalue weighted by molar-refractivity contribution is 5.64. The summed E-state index contributed by atoms with van der Waals surface area (Å²) in [6.45, 7) is 6.62. The molecule has 6 nitrogen and oxygen atoms in total. The van der Waals surface area contributed by atoms with E-state index in [9.17, 15) is 0 Å². The summed E-state index contributed by atoms with van der Waals surface area (Å²) in [4.78, 5) is 0. The Morgan fingerprint density at radius 1 is 1.44 bits per heavy atom. The minimum absolute atomic E-state index is 0.255. The van der Waals surface area contributed by atoms with Crippen LogP contribution in [0.3, 0.4) is 0 Å². The third-order valence-electron chi connectivity index (χ3n) is 2.69. The number of nitrogens with zero attached hydrogens (tertiary/aromatic N) is 4. The van der Waals surface area contributed by atoms with Gasteiger partial charge in [-0.3, -0.25) is 0 Å². The fourth-order valence-electron chi connectivity index (χ4n) is 1.71. The van der Waals surface area contributed by atoms with Crippen molar-refractivity contribution in [1.29, 1.82) is 0 Å². The molecule has 0 atom stereocenters. The Balaban J connectivity index is 2.19. The van der Waals surface area contributed by atoms with E-state index in [1.165, 1.54) is 0 Å². The number of nitrogen functional groups attached to an aromatic ring is 1. The van der Waals surface area contributed by atoms with Crippen molar-refractivity contribution in [1.82, 2.24) is 20.0 Å². The number of nitrogens with two attached hydrogens (primary N) is 1. The van der Waals surface area contributed by atoms with Crippen molar-refractivity contribution in [3.05, 3.63) is 29.7 Å². The molecule has 2 aromatic rings. The van der Waals surface area contributed by atoms with Crippen molar-refractivity contribution < 1.29 is 0 Å². The van der Waals surface area contributed by atoms with Crippen LogP contribution >= 0.6 is 0 Å². The van der Waals surface area contributed by atoms with Crippen LogP contribution in [0.15, 0.2) is 18.3 Å². The molecule has 0 amide bonds. The molecule has 0 bridgehead atoms. The van der Waals surface area contributed by atoms with Crippen LogP contribution in [-0.2, 0) is 6.54 Å². The highest BCUT2D eigenvalue weighted by Gasteiger charge is 2.14. The number of anilines is 2. The van der Waals surface area contributed by atoms with Crippen molar-refractivity contribution in [2.24, 2.45) is 0 Å². The van der Waals surface area contributed by atoms with Crippen LogP contribution in [-0.4, -0.2) is 20.0 Å². The first-order chi connectivity index (χ1) is 8.59. The van der Waals surface area contributed by atoms with Gasteiger partial charge in [0.25, 0.3) is 0 Å². The highest BCUT2D eigenvalue weighted by Crippen LogP contribution is 2.25. The fourth-order valence-corrected chi connectivity index (χ4v) is 1.71. The van der Waals surface area contributed by atoms with Gasteiger partial charge in [-0.25, -0.2) is 4.68 Å². The van der Waals surface area contributed by atoms with E-state index in [0.717, 1.165) is 17.2 Å². The zero-order valence-corrected chi connectivity index (χ0v) is 10.9. The van der Waals surface area contributed by atoms with Crippen LogP contribution in [0, 0.1) is 6.92 Å². The van der Waals surface area contributed by atoms with Gasteiger partial charge in [0.15, 0.2) is 0 Å². The van der Waals surface area contributed by atoms with Gasteiger partial charge >= 0.3 is 0 Å². The average Bonchev–Trinajstić information content (AvgIpc) is 2.65. The lowest BCUT2D eigenvalue weighted by Crippen LogP contribution is -2.11. The van der Waals surface area contributed by atoms with Crippen LogP contribution in [0.4, 0.5) is 11.5 Å². The molecule has 0 aliphatic rings. The highest BCUT2D eigenvalue weighted by atomic mass is 15.4. The summed E-state index contributed by atoms with van der Waals surface area (Å²) in [6, 6.07) is 4.03. The van der Waals surface area contributed by atoms with Gasteiger partial charge in [0.2, 0.25) is 0 Å². The maximum Gasteiger partial charge on any atom is 0.148 e. The minimum Gasteiger partial charge on any atom is -0.394 e. The Hall–Kier alpha value is -2.11. The maximum absolute atomic E-state index is 6.02. The standard InChI is InChI=1S/C12H18N6/c1-8(2)18-12(11(13)9(3)17-18)14-7-10-5-4-6-15-16-10/h4-6,8,14H,7,13H2,1-3H3. The second-order valence-electron chi connectivity index (χ2n) is 4.45. The van der Waals surface area contributed by atoms with Gasteiger partial charge in [-0.15, -0.1) is 0 Å². The summed E-state index contributed by atoms with van der Waals surface area (Å²) >= 11 is 0. The lowest BCUT2D eigenvalue weighted by Gasteiger charge is -2.12. The van der Waals surface area contributed by atoms with Crippen LogP contribution in [0.5, 0.6) is 0 Å². The van der Waals surface area contributed by atoms with Crippen LogP contribution in [0.1, 0.15) is 31.3 Å². The van der Waals surface area contributed by atoms with E-state index in [1.54, 1.807) is 6.20 Å². The van der Waals surface area contributed by atoms with E-state index in [-0.39, 0.29) is 6.04 Å². The third-order valence-corrected chi connectivity index (χ3v) is 2.69. The van der Waals surface area contributed by atoms with Crippen LogP contribution in [0.2, 0.25) is 0 Å². The molecule has 0 fully saturated rings. The molecule has 0 spiro atoms. The molecule has 3 N–H and O–H groups in total. The van der Waals surface area contributed by atoms with E-state index in [4.69, 9.17) is 5.73 Å². The van der Waals surface area contributed by atoms with Gasteiger partial charge in [0, 0.05) is 12.2 Å². The zero-order chi connectivity index (χ0) is 13.1. The second-order valence-corrected chi connectivity index (χ2v) is 4.45. The predicted molar refractivity (Wildman–Crippen MR) is 71.1 cm³/mol. The Morgan fingerprint density at radius 3 is 2.83 bits per heavy atom. The number of aryl methyl sites for hydroxylation is 1. The molecule has 0 unspecified atom stereocenters. The Bertz CT molecular complexity index is 517. The molecule has 18 heavy (non-hydrogen) atoms. The molecule has 0 radical (unpaired) electrons. The molecule has 2 aromatic heterocycles. The summed E-state index contributed by atoms with van der Waals surface area (Å²) in [6.07, 6.45) is 1.65. The van der Waals surface area contributed by atoms with Gasteiger partial charge in [-0.1, -0.05) is 0 Å². The summed E-state index contributed by atoms with van der Waals surface area (Å²) < 4.78 is 1.89. The van der Waals surface area contributed by atoms with E-state index in [0.29, 0.717) is 12.2 Å². The molecule has 2 heterocycles. The first-order valence-corrected chi connectivity index (χ1v) is 5.94. The molecular weight excluding hydrogens is 228 g/mol. The van der Waals surface area contributed by atoms with Crippen LogP contribution in [0.25, 0.3) is 0 Å². The van der Waals surface area contributed by atoms with Gasteiger partial charge < -0.3 is 11.1 Å². The first-order valence-electron chi connectivity index (χ1n) is 5.94. The van der Waals surface area contributed by atoms with Crippen molar-refractivity contribution in [3.8, 4) is 0 Å². The lowest BCUT2D eigenvalue weighted by molar-refractivity contribution is 0.534. The molecule has 0 aromatic carbocycles. The molecule has 96 valence electrons. The zero-order valence-electron chi connectivity index (χ0n) is 10.9. The van der Waals surface area contributed by atoms with Gasteiger partial charge in [-0.2, -0.15) is 15.3 Å². The van der Waals surface area contributed by atoms with E-state index in [1.807, 2.05) is 23.7 Å². The van der Waals surface area contributed by atoms with E-state index < -0.39 is 0 Å². The molecule has 0 saturated heterocycles. The normalized spacial score (nSPS) is 10.9. The number of aromatic nitrogens is 4. The molecule has 0 aliphatic carbocycles. The topological polar surface area (TPSA) is 81.7 Å². The molecule has 6 heteroatoms. The SMILES string of the molecule is Cc1nn(C(C)C)c(NCc2cccnn2)c1N. The Kier molecular flexibility index (Phi) is 3.45. The van der Waals surface area contributed by atoms with Crippen molar-refractivity contribution in [3.63, 3.8) is 0 Å². The third kappa shape index (κ3) is 2.42. The largest absolute Gasteiger partial charge is 0.394 e. The number of nitrogens with one attached hydrogen (secondary N) is 1. The monoisotopic (exact) mass is 246 g/mol. The summed E-state index contributed by atoms with van der Waals surface area (Å²) in [7, 11) is 0.